The quantitative estimate of drug-likeness (QED) is 0.888. The maximum absolute atomic E-state index is 12.2. The van der Waals surface area contributed by atoms with Crippen LogP contribution in [-0.2, 0) is 14.4 Å². The van der Waals surface area contributed by atoms with E-state index in [1.165, 1.54) is 18.3 Å². The van der Waals surface area contributed by atoms with Gasteiger partial charge in [-0.25, -0.2) is 4.98 Å². The highest BCUT2D eigenvalue weighted by Gasteiger charge is 2.35. The number of nitrogens with zero attached hydrogens (tertiary/aromatic N) is 2. The molecule has 7 nitrogen and oxygen atoms in total. The molecule has 3 amide bonds. The Morgan fingerprint density at radius 3 is 2.62 bits per heavy atom. The van der Waals surface area contributed by atoms with Crippen LogP contribution in [0.4, 0.5) is 16.5 Å². The number of thiazole rings is 1. The predicted octanol–water partition coefficient (Wildman–Crippen LogP) is 2.09. The smallest absolute Gasteiger partial charge is 0.231 e. The van der Waals surface area contributed by atoms with E-state index in [9.17, 15) is 14.4 Å². The van der Waals surface area contributed by atoms with Crippen molar-refractivity contribution in [3.8, 4) is 0 Å². The Hall–Kier alpha value is -2.74. The van der Waals surface area contributed by atoms with E-state index in [-0.39, 0.29) is 24.1 Å². The zero-order valence-corrected chi connectivity index (χ0v) is 13.8. The van der Waals surface area contributed by atoms with Gasteiger partial charge in [0.05, 0.1) is 5.92 Å². The van der Waals surface area contributed by atoms with Gasteiger partial charge in [0.2, 0.25) is 17.7 Å². The molecule has 24 heavy (non-hydrogen) atoms. The van der Waals surface area contributed by atoms with Crippen LogP contribution in [0.2, 0.25) is 0 Å². The lowest BCUT2D eigenvalue weighted by atomic mass is 10.1. The van der Waals surface area contributed by atoms with Gasteiger partial charge in [0.15, 0.2) is 5.13 Å². The van der Waals surface area contributed by atoms with Crippen LogP contribution in [0.3, 0.4) is 0 Å². The maximum Gasteiger partial charge on any atom is 0.231 e. The highest BCUT2D eigenvalue weighted by atomic mass is 32.1. The van der Waals surface area contributed by atoms with Crippen molar-refractivity contribution in [2.45, 2.75) is 13.3 Å². The van der Waals surface area contributed by atoms with E-state index in [1.54, 1.807) is 40.7 Å². The number of amides is 3. The van der Waals surface area contributed by atoms with E-state index < -0.39 is 5.92 Å². The molecule has 1 aromatic carbocycles. The molecule has 1 aromatic heterocycles. The molecule has 1 aliphatic rings. The first-order valence-electron chi connectivity index (χ1n) is 7.41. The molecule has 1 fully saturated rings. The summed E-state index contributed by atoms with van der Waals surface area (Å²) < 4.78 is 0. The molecule has 0 unspecified atom stereocenters. The monoisotopic (exact) mass is 344 g/mol. The maximum atomic E-state index is 12.2. The van der Waals surface area contributed by atoms with Gasteiger partial charge in [-0.1, -0.05) is 0 Å². The molecular weight excluding hydrogens is 328 g/mol. The third kappa shape index (κ3) is 3.60. The van der Waals surface area contributed by atoms with Crippen LogP contribution in [-0.4, -0.2) is 29.3 Å². The summed E-state index contributed by atoms with van der Waals surface area (Å²) in [5, 5.41) is 7.71. The summed E-state index contributed by atoms with van der Waals surface area (Å²) in [4.78, 5) is 41.1. The summed E-state index contributed by atoms with van der Waals surface area (Å²) in [6.07, 6.45) is 1.79. The third-order valence-corrected chi connectivity index (χ3v) is 4.35. The fourth-order valence-corrected chi connectivity index (χ4v) is 3.09. The molecule has 0 spiro atoms. The molecule has 3 rings (SSSR count). The number of carbonyl (C=O) groups excluding carboxylic acids is 3. The van der Waals surface area contributed by atoms with Crippen molar-refractivity contribution >= 4 is 45.6 Å². The van der Waals surface area contributed by atoms with E-state index in [0.29, 0.717) is 23.1 Å². The minimum Gasteiger partial charge on any atom is -0.326 e. The molecule has 2 heterocycles. The second-order valence-electron chi connectivity index (χ2n) is 5.46. The van der Waals surface area contributed by atoms with Gasteiger partial charge >= 0.3 is 0 Å². The van der Waals surface area contributed by atoms with Crippen LogP contribution in [0.5, 0.6) is 0 Å². The Balaban J connectivity index is 1.66. The summed E-state index contributed by atoms with van der Waals surface area (Å²) in [6, 6.07) is 6.97. The van der Waals surface area contributed by atoms with Crippen molar-refractivity contribution < 1.29 is 14.4 Å². The first-order chi connectivity index (χ1) is 11.5. The lowest BCUT2D eigenvalue weighted by Crippen LogP contribution is -2.28. The van der Waals surface area contributed by atoms with Crippen LogP contribution in [0.25, 0.3) is 0 Å². The SMILES string of the molecule is CC(=O)Nc1ccc(N2C[C@H](C(=O)Nc3nccs3)CC2=O)cc1. The Kier molecular flexibility index (Phi) is 4.57. The van der Waals surface area contributed by atoms with Gasteiger partial charge < -0.3 is 15.5 Å². The van der Waals surface area contributed by atoms with Gasteiger partial charge in [-0.05, 0) is 24.3 Å². The van der Waals surface area contributed by atoms with Crippen molar-refractivity contribution in [3.63, 3.8) is 0 Å². The molecule has 2 aromatic rings. The van der Waals surface area contributed by atoms with Gasteiger partial charge in [-0.3, -0.25) is 14.4 Å². The first-order valence-corrected chi connectivity index (χ1v) is 8.29. The number of anilines is 3. The average molecular weight is 344 g/mol. The third-order valence-electron chi connectivity index (χ3n) is 3.66. The molecular formula is C16H16N4O3S. The lowest BCUT2D eigenvalue weighted by molar-refractivity contribution is -0.122. The molecule has 8 heteroatoms. The van der Waals surface area contributed by atoms with E-state index in [0.717, 1.165) is 0 Å². The number of hydrogen-bond donors (Lipinski definition) is 2. The zero-order valence-electron chi connectivity index (χ0n) is 13.0. The summed E-state index contributed by atoms with van der Waals surface area (Å²) in [6.45, 7) is 1.76. The van der Waals surface area contributed by atoms with E-state index in [4.69, 9.17) is 0 Å². The van der Waals surface area contributed by atoms with E-state index in [2.05, 4.69) is 15.6 Å². The van der Waals surface area contributed by atoms with E-state index in [1.807, 2.05) is 0 Å². The predicted molar refractivity (Wildman–Crippen MR) is 91.9 cm³/mol. The largest absolute Gasteiger partial charge is 0.326 e. The van der Waals surface area contributed by atoms with Crippen LogP contribution >= 0.6 is 11.3 Å². The molecule has 1 saturated heterocycles. The topological polar surface area (TPSA) is 91.4 Å². The second kappa shape index (κ2) is 6.79. The average Bonchev–Trinajstić information content (AvgIpc) is 3.17. The summed E-state index contributed by atoms with van der Waals surface area (Å²) >= 11 is 1.34. The summed E-state index contributed by atoms with van der Waals surface area (Å²) in [5.41, 5.74) is 1.37. The standard InChI is InChI=1S/C16H16N4O3S/c1-10(21)18-12-2-4-13(5-3-12)20-9-11(8-14(20)22)15(23)19-16-17-6-7-24-16/h2-7,11H,8-9H2,1H3,(H,18,21)(H,17,19,23)/t11-/m1/s1. The number of aromatic nitrogens is 1. The Bertz CT molecular complexity index is 758. The first kappa shape index (κ1) is 16.1. The minimum absolute atomic E-state index is 0.0958. The molecule has 0 bridgehead atoms. The van der Waals surface area contributed by atoms with Gasteiger partial charge in [0, 0.05) is 42.8 Å². The summed E-state index contributed by atoms with van der Waals surface area (Å²) in [7, 11) is 0. The Labute approximate surface area is 142 Å². The molecule has 1 aliphatic heterocycles. The normalized spacial score (nSPS) is 17.0. The molecule has 2 N–H and O–H groups in total. The Morgan fingerprint density at radius 2 is 2.00 bits per heavy atom. The van der Waals surface area contributed by atoms with Gasteiger partial charge in [-0.2, -0.15) is 0 Å². The van der Waals surface area contributed by atoms with Crippen molar-refractivity contribution in [2.75, 3.05) is 22.1 Å². The van der Waals surface area contributed by atoms with Crippen molar-refractivity contribution in [1.82, 2.24) is 4.98 Å². The molecule has 0 aliphatic carbocycles. The number of hydrogen-bond acceptors (Lipinski definition) is 5. The molecule has 1 atom stereocenters. The highest BCUT2D eigenvalue weighted by Crippen LogP contribution is 2.27. The Morgan fingerprint density at radius 1 is 1.25 bits per heavy atom. The molecule has 124 valence electrons. The van der Waals surface area contributed by atoms with E-state index >= 15 is 0 Å². The fraction of sp³-hybridized carbons (Fsp3) is 0.250. The van der Waals surface area contributed by atoms with Crippen molar-refractivity contribution in [3.05, 3.63) is 35.8 Å². The molecule has 0 saturated carbocycles. The van der Waals surface area contributed by atoms with Crippen molar-refractivity contribution in [2.24, 2.45) is 5.92 Å². The highest BCUT2D eigenvalue weighted by molar-refractivity contribution is 7.13. The van der Waals surface area contributed by atoms with Crippen molar-refractivity contribution in [1.29, 1.82) is 0 Å². The van der Waals surface area contributed by atoms with Gasteiger partial charge in [-0.15, -0.1) is 11.3 Å². The number of rotatable bonds is 4. The number of carbonyl (C=O) groups is 3. The van der Waals surface area contributed by atoms with Crippen LogP contribution in [0.1, 0.15) is 13.3 Å². The van der Waals surface area contributed by atoms with Gasteiger partial charge in [0.1, 0.15) is 0 Å². The second-order valence-corrected chi connectivity index (χ2v) is 6.35. The van der Waals surface area contributed by atoms with Gasteiger partial charge in [0.25, 0.3) is 0 Å². The lowest BCUT2D eigenvalue weighted by Gasteiger charge is -2.17. The minimum atomic E-state index is -0.406. The van der Waals surface area contributed by atoms with Crippen LogP contribution < -0.4 is 15.5 Å². The zero-order chi connectivity index (χ0) is 17.1. The molecule has 0 radical (unpaired) electrons. The number of benzene rings is 1. The summed E-state index contributed by atoms with van der Waals surface area (Å²) in [5.74, 6) is -0.854. The van der Waals surface area contributed by atoms with Crippen LogP contribution in [0.15, 0.2) is 35.8 Å². The number of nitrogens with one attached hydrogen (secondary N) is 2. The van der Waals surface area contributed by atoms with Crippen LogP contribution in [0, 0.1) is 5.92 Å². The fourth-order valence-electron chi connectivity index (χ4n) is 2.55.